The fourth-order valence-corrected chi connectivity index (χ4v) is 2.57. The maximum atomic E-state index is 13.0. The number of carbonyl (C=O) groups excluding carboxylic acids is 1. The Hall–Kier alpha value is -1.49. The number of anilines is 1. The maximum Gasteiger partial charge on any atom is 0.233 e. The van der Waals surface area contributed by atoms with Crippen LogP contribution in [0.2, 0.25) is 0 Å². The van der Waals surface area contributed by atoms with Crippen LogP contribution in [0.15, 0.2) is 18.2 Å². The van der Waals surface area contributed by atoms with E-state index in [0.29, 0.717) is 12.5 Å². The normalized spacial score (nSPS) is 27.0. The number of halogens is 1. The highest BCUT2D eigenvalue weighted by Crippen LogP contribution is 2.38. The number of nitrogens with one attached hydrogen (secondary N) is 1. The molecule has 104 valence electrons. The molecule has 0 atom stereocenters. The van der Waals surface area contributed by atoms with Crippen LogP contribution >= 0.6 is 0 Å². The van der Waals surface area contributed by atoms with E-state index in [-0.39, 0.29) is 11.7 Å². The summed E-state index contributed by atoms with van der Waals surface area (Å²) in [6.45, 7) is 2.51. The number of hydrogen-bond donors (Lipinski definition) is 2. The molecule has 1 aliphatic carbocycles. The predicted molar refractivity (Wildman–Crippen MR) is 71.9 cm³/mol. The van der Waals surface area contributed by atoms with Gasteiger partial charge in [0.15, 0.2) is 0 Å². The van der Waals surface area contributed by atoms with Crippen molar-refractivity contribution in [2.75, 3.05) is 11.9 Å². The molecule has 1 amide bonds. The van der Waals surface area contributed by atoms with Gasteiger partial charge in [-0.1, -0.05) is 13.0 Å². The van der Waals surface area contributed by atoms with Crippen molar-refractivity contribution >= 4 is 11.7 Å². The summed E-state index contributed by atoms with van der Waals surface area (Å²) in [7, 11) is 0. The van der Waals surface area contributed by atoms with Gasteiger partial charge < -0.3 is 11.1 Å². The van der Waals surface area contributed by atoms with E-state index in [9.17, 15) is 9.18 Å². The number of nitrogens with two attached hydrogens (primary N) is 1. The minimum Gasteiger partial charge on any atom is -0.329 e. The van der Waals surface area contributed by atoms with Gasteiger partial charge in [-0.2, -0.15) is 4.39 Å². The average Bonchev–Trinajstić information content (AvgIpc) is 2.40. The highest BCUT2D eigenvalue weighted by molar-refractivity contribution is 5.94. The third-order valence-corrected chi connectivity index (χ3v) is 4.06. The van der Waals surface area contributed by atoms with Gasteiger partial charge in [0.05, 0.1) is 5.41 Å². The molecule has 2 rings (SSSR count). The molecule has 1 heterocycles. The Bertz CT molecular complexity index is 456. The SMILES string of the molecule is CC1CCC(CN)(C(=O)Nc2cccc(F)n2)CC1. The molecular weight excluding hydrogens is 245 g/mol. The van der Waals surface area contributed by atoms with Crippen molar-refractivity contribution in [2.24, 2.45) is 17.1 Å². The Morgan fingerprint density at radius 1 is 1.53 bits per heavy atom. The van der Waals surface area contributed by atoms with Gasteiger partial charge in [0.25, 0.3) is 0 Å². The van der Waals surface area contributed by atoms with Gasteiger partial charge >= 0.3 is 0 Å². The number of pyridine rings is 1. The zero-order valence-electron chi connectivity index (χ0n) is 11.2. The zero-order valence-corrected chi connectivity index (χ0v) is 11.2. The molecule has 5 heteroatoms. The van der Waals surface area contributed by atoms with Crippen molar-refractivity contribution < 1.29 is 9.18 Å². The average molecular weight is 265 g/mol. The molecule has 0 aromatic carbocycles. The summed E-state index contributed by atoms with van der Waals surface area (Å²) in [4.78, 5) is 16.0. The maximum absolute atomic E-state index is 13.0. The Morgan fingerprint density at radius 3 is 2.79 bits per heavy atom. The minimum atomic E-state index is -0.600. The molecule has 19 heavy (non-hydrogen) atoms. The summed E-state index contributed by atoms with van der Waals surface area (Å²) >= 11 is 0. The lowest BCUT2D eigenvalue weighted by atomic mass is 9.70. The molecule has 1 fully saturated rings. The minimum absolute atomic E-state index is 0.139. The van der Waals surface area contributed by atoms with Crippen LogP contribution in [0.1, 0.15) is 32.6 Å². The van der Waals surface area contributed by atoms with E-state index < -0.39 is 11.4 Å². The molecule has 1 aliphatic rings. The van der Waals surface area contributed by atoms with Crippen LogP contribution < -0.4 is 11.1 Å². The van der Waals surface area contributed by atoms with Crippen molar-refractivity contribution in [1.29, 1.82) is 0 Å². The number of rotatable bonds is 3. The summed E-state index contributed by atoms with van der Waals surface area (Å²) in [5.74, 6) is 0.146. The second-order valence-electron chi connectivity index (χ2n) is 5.47. The van der Waals surface area contributed by atoms with Crippen molar-refractivity contribution in [3.63, 3.8) is 0 Å². The van der Waals surface area contributed by atoms with Gasteiger partial charge in [0.1, 0.15) is 5.82 Å². The topological polar surface area (TPSA) is 68.0 Å². The lowest BCUT2D eigenvalue weighted by molar-refractivity contribution is -0.127. The summed E-state index contributed by atoms with van der Waals surface area (Å²) in [6, 6.07) is 4.35. The standard InChI is InChI=1S/C14H20FN3O/c1-10-5-7-14(9-16,8-6-10)13(19)18-12-4-2-3-11(15)17-12/h2-4,10H,5-9,16H2,1H3,(H,17,18,19). The van der Waals surface area contributed by atoms with Gasteiger partial charge in [-0.3, -0.25) is 4.79 Å². The number of amides is 1. The molecule has 1 aromatic rings. The summed E-state index contributed by atoms with van der Waals surface area (Å²) in [5, 5.41) is 2.69. The fourth-order valence-electron chi connectivity index (χ4n) is 2.57. The van der Waals surface area contributed by atoms with Crippen LogP contribution in [0, 0.1) is 17.3 Å². The number of nitrogens with zero attached hydrogens (tertiary/aromatic N) is 1. The van der Waals surface area contributed by atoms with Gasteiger partial charge in [0.2, 0.25) is 11.9 Å². The molecule has 0 spiro atoms. The van der Waals surface area contributed by atoms with Crippen LogP contribution in [-0.2, 0) is 4.79 Å². The smallest absolute Gasteiger partial charge is 0.233 e. The Kier molecular flexibility index (Phi) is 4.14. The zero-order chi connectivity index (χ0) is 13.9. The molecule has 0 unspecified atom stereocenters. The molecule has 1 aromatic heterocycles. The molecule has 0 bridgehead atoms. The number of aromatic nitrogens is 1. The van der Waals surface area contributed by atoms with Gasteiger partial charge in [-0.25, -0.2) is 4.98 Å². The molecule has 0 radical (unpaired) electrons. The first kappa shape index (κ1) is 13.9. The van der Waals surface area contributed by atoms with Crippen LogP contribution in [0.5, 0.6) is 0 Å². The first-order chi connectivity index (χ1) is 9.05. The lowest BCUT2D eigenvalue weighted by Crippen LogP contribution is -2.45. The molecular formula is C14H20FN3O. The second-order valence-corrected chi connectivity index (χ2v) is 5.47. The predicted octanol–water partition coefficient (Wildman–Crippen LogP) is 2.31. The molecule has 3 N–H and O–H groups in total. The summed E-state index contributed by atoms with van der Waals surface area (Å²) in [5.41, 5.74) is 5.29. The molecule has 0 aliphatic heterocycles. The van der Waals surface area contributed by atoms with E-state index in [4.69, 9.17) is 5.73 Å². The van der Waals surface area contributed by atoms with Crippen molar-refractivity contribution in [1.82, 2.24) is 4.98 Å². The third kappa shape index (κ3) is 3.10. The van der Waals surface area contributed by atoms with Crippen molar-refractivity contribution in [3.8, 4) is 0 Å². The highest BCUT2D eigenvalue weighted by Gasteiger charge is 2.39. The van der Waals surface area contributed by atoms with E-state index in [0.717, 1.165) is 25.7 Å². The quantitative estimate of drug-likeness (QED) is 0.824. The van der Waals surface area contributed by atoms with Gasteiger partial charge in [-0.05, 0) is 43.7 Å². The van der Waals surface area contributed by atoms with Gasteiger partial charge in [0, 0.05) is 6.54 Å². The number of carbonyl (C=O) groups is 1. The van der Waals surface area contributed by atoms with Crippen LogP contribution in [0.4, 0.5) is 10.2 Å². The van der Waals surface area contributed by atoms with E-state index in [1.165, 1.54) is 12.1 Å². The Balaban J connectivity index is 2.09. The largest absolute Gasteiger partial charge is 0.329 e. The van der Waals surface area contributed by atoms with Gasteiger partial charge in [-0.15, -0.1) is 0 Å². The van der Waals surface area contributed by atoms with Crippen molar-refractivity contribution in [3.05, 3.63) is 24.1 Å². The van der Waals surface area contributed by atoms with Crippen LogP contribution in [-0.4, -0.2) is 17.4 Å². The Labute approximate surface area is 112 Å². The second kappa shape index (κ2) is 5.65. The van der Waals surface area contributed by atoms with Crippen molar-refractivity contribution in [2.45, 2.75) is 32.6 Å². The monoisotopic (exact) mass is 265 g/mol. The van der Waals surface area contributed by atoms with E-state index in [2.05, 4.69) is 17.2 Å². The highest BCUT2D eigenvalue weighted by atomic mass is 19.1. The van der Waals surface area contributed by atoms with Crippen LogP contribution in [0.3, 0.4) is 0 Å². The molecule has 0 saturated heterocycles. The van der Waals surface area contributed by atoms with E-state index in [1.807, 2.05) is 0 Å². The fraction of sp³-hybridized carbons (Fsp3) is 0.571. The molecule has 4 nitrogen and oxygen atoms in total. The lowest BCUT2D eigenvalue weighted by Gasteiger charge is -2.36. The summed E-state index contributed by atoms with van der Waals surface area (Å²) in [6.07, 6.45) is 3.57. The van der Waals surface area contributed by atoms with E-state index in [1.54, 1.807) is 6.07 Å². The Morgan fingerprint density at radius 2 is 2.21 bits per heavy atom. The first-order valence-electron chi connectivity index (χ1n) is 6.70. The number of hydrogen-bond acceptors (Lipinski definition) is 3. The van der Waals surface area contributed by atoms with Crippen LogP contribution in [0.25, 0.3) is 0 Å². The summed E-state index contributed by atoms with van der Waals surface area (Å²) < 4.78 is 13.0. The first-order valence-corrected chi connectivity index (χ1v) is 6.70. The van der Waals surface area contributed by atoms with E-state index >= 15 is 0 Å². The molecule has 1 saturated carbocycles. The third-order valence-electron chi connectivity index (χ3n) is 4.06.